The van der Waals surface area contributed by atoms with Gasteiger partial charge in [0.1, 0.15) is 5.75 Å². The van der Waals surface area contributed by atoms with Crippen LogP contribution in [0.5, 0.6) is 5.75 Å². The van der Waals surface area contributed by atoms with Gasteiger partial charge in [-0.3, -0.25) is 4.68 Å². The van der Waals surface area contributed by atoms with Crippen LogP contribution in [-0.2, 0) is 25.6 Å². The van der Waals surface area contributed by atoms with Crippen molar-refractivity contribution in [2.45, 2.75) is 58.2 Å². The largest absolute Gasteiger partial charge is 0.494 e. The number of unbranched alkanes of at least 4 members (excludes halogenated alkanes) is 1. The number of carbonyl (C=O) groups is 1. The molecule has 0 saturated carbocycles. The number of halogens is 3. The number of fused-ring (bicyclic) bond motifs is 1. The van der Waals surface area contributed by atoms with Crippen molar-refractivity contribution < 1.29 is 22.7 Å². The van der Waals surface area contributed by atoms with Crippen LogP contribution in [0.4, 0.5) is 23.7 Å². The third-order valence-corrected chi connectivity index (χ3v) is 5.01. The van der Waals surface area contributed by atoms with Crippen LogP contribution in [0.15, 0.2) is 24.3 Å². The predicted octanol–water partition coefficient (Wildman–Crippen LogP) is 4.78. The van der Waals surface area contributed by atoms with Gasteiger partial charge in [0.25, 0.3) is 0 Å². The molecule has 0 spiro atoms. The molecule has 0 unspecified atom stereocenters. The molecule has 3 rings (SSSR count). The minimum Gasteiger partial charge on any atom is -0.494 e. The molecular weight excluding hydrogens is 397 g/mol. The summed E-state index contributed by atoms with van der Waals surface area (Å²) in [5.74, 6) is 0.735. The molecule has 2 aromatic rings. The summed E-state index contributed by atoms with van der Waals surface area (Å²) in [5.41, 5.74) is 0.753. The van der Waals surface area contributed by atoms with E-state index in [0.29, 0.717) is 36.4 Å². The molecule has 1 aromatic heterocycles. The van der Waals surface area contributed by atoms with E-state index in [1.807, 2.05) is 0 Å². The van der Waals surface area contributed by atoms with Crippen LogP contribution < -0.4 is 15.4 Å². The first kappa shape index (κ1) is 22.0. The molecule has 1 aliphatic carbocycles. The van der Waals surface area contributed by atoms with Gasteiger partial charge in [-0.05, 0) is 56.4 Å². The number of alkyl halides is 3. The fourth-order valence-corrected chi connectivity index (χ4v) is 3.50. The second-order valence-corrected chi connectivity index (χ2v) is 7.31. The van der Waals surface area contributed by atoms with E-state index in [1.165, 1.54) is 4.68 Å². The number of nitrogens with zero attached hydrogens (tertiary/aromatic N) is 2. The fraction of sp³-hybridized carbons (Fsp3) is 0.524. The molecule has 0 saturated heterocycles. The van der Waals surface area contributed by atoms with Crippen molar-refractivity contribution in [1.82, 2.24) is 15.1 Å². The van der Waals surface area contributed by atoms with Crippen LogP contribution >= 0.6 is 0 Å². The van der Waals surface area contributed by atoms with Gasteiger partial charge in [0.05, 0.1) is 13.2 Å². The number of urea groups is 1. The SMILES string of the molecule is CCCCOc1ccc(NC(=O)NCCn2nc(C(F)(F)F)c3c2CCCC3)cc1. The van der Waals surface area contributed by atoms with Crippen LogP contribution in [0.1, 0.15) is 49.6 Å². The highest BCUT2D eigenvalue weighted by atomic mass is 19.4. The monoisotopic (exact) mass is 424 g/mol. The van der Waals surface area contributed by atoms with E-state index in [1.54, 1.807) is 24.3 Å². The van der Waals surface area contributed by atoms with Crippen LogP contribution in [-0.4, -0.2) is 29.0 Å². The van der Waals surface area contributed by atoms with E-state index >= 15 is 0 Å². The topological polar surface area (TPSA) is 68.2 Å². The average molecular weight is 424 g/mol. The number of aromatic nitrogens is 2. The molecule has 1 heterocycles. The Morgan fingerprint density at radius 2 is 1.93 bits per heavy atom. The number of ether oxygens (including phenoxy) is 1. The van der Waals surface area contributed by atoms with Crippen molar-refractivity contribution in [2.24, 2.45) is 0 Å². The molecule has 2 amide bonds. The van der Waals surface area contributed by atoms with Crippen molar-refractivity contribution in [3.8, 4) is 5.75 Å². The first-order chi connectivity index (χ1) is 14.4. The normalized spacial score (nSPS) is 13.6. The van der Waals surface area contributed by atoms with Gasteiger partial charge in [-0.15, -0.1) is 0 Å². The molecule has 6 nitrogen and oxygen atoms in total. The van der Waals surface area contributed by atoms with Crippen molar-refractivity contribution in [1.29, 1.82) is 0 Å². The van der Waals surface area contributed by atoms with E-state index < -0.39 is 17.9 Å². The lowest BCUT2D eigenvalue weighted by Gasteiger charge is -2.15. The molecule has 0 fully saturated rings. The predicted molar refractivity (Wildman–Crippen MR) is 108 cm³/mol. The van der Waals surface area contributed by atoms with Gasteiger partial charge in [-0.1, -0.05) is 13.3 Å². The van der Waals surface area contributed by atoms with Crippen LogP contribution in [0.25, 0.3) is 0 Å². The number of amides is 2. The molecule has 1 aromatic carbocycles. The number of nitrogens with one attached hydrogen (secondary N) is 2. The lowest BCUT2D eigenvalue weighted by atomic mass is 9.95. The van der Waals surface area contributed by atoms with Crippen molar-refractivity contribution >= 4 is 11.7 Å². The summed E-state index contributed by atoms with van der Waals surface area (Å²) in [4.78, 5) is 12.1. The van der Waals surface area contributed by atoms with E-state index in [9.17, 15) is 18.0 Å². The first-order valence-electron chi connectivity index (χ1n) is 10.3. The second kappa shape index (κ2) is 9.86. The van der Waals surface area contributed by atoms with Gasteiger partial charge < -0.3 is 15.4 Å². The van der Waals surface area contributed by atoms with Crippen molar-refractivity contribution in [3.63, 3.8) is 0 Å². The zero-order valence-electron chi connectivity index (χ0n) is 17.0. The van der Waals surface area contributed by atoms with Gasteiger partial charge in [0, 0.05) is 23.5 Å². The molecule has 1 aliphatic rings. The van der Waals surface area contributed by atoms with Gasteiger partial charge in [0.15, 0.2) is 5.69 Å². The summed E-state index contributed by atoms with van der Waals surface area (Å²) in [5, 5.41) is 9.16. The second-order valence-electron chi connectivity index (χ2n) is 7.31. The van der Waals surface area contributed by atoms with Gasteiger partial charge in [-0.25, -0.2) is 4.79 Å². The molecule has 0 atom stereocenters. The number of carbonyl (C=O) groups excluding carboxylic acids is 1. The molecule has 9 heteroatoms. The Hall–Kier alpha value is -2.71. The fourth-order valence-electron chi connectivity index (χ4n) is 3.50. The minimum atomic E-state index is -4.45. The van der Waals surface area contributed by atoms with E-state index in [0.717, 1.165) is 31.4 Å². The first-order valence-corrected chi connectivity index (χ1v) is 10.3. The number of hydrogen-bond donors (Lipinski definition) is 2. The zero-order chi connectivity index (χ0) is 21.6. The standard InChI is InChI=1S/C21H27F3N4O2/c1-2-3-14-30-16-10-8-15(9-11-16)26-20(29)25-12-13-28-18-7-5-4-6-17(18)19(27-28)21(22,23)24/h8-11H,2-7,12-14H2,1H3,(H2,25,26,29). The highest BCUT2D eigenvalue weighted by Crippen LogP contribution is 2.35. The van der Waals surface area contributed by atoms with E-state index in [-0.39, 0.29) is 13.1 Å². The number of hydrogen-bond acceptors (Lipinski definition) is 3. The Balaban J connectivity index is 1.51. The maximum atomic E-state index is 13.2. The molecule has 0 bridgehead atoms. The Labute approximate surface area is 173 Å². The summed E-state index contributed by atoms with van der Waals surface area (Å²) in [6, 6.07) is 6.60. The number of rotatable bonds is 8. The lowest BCUT2D eigenvalue weighted by molar-refractivity contribution is -0.142. The maximum absolute atomic E-state index is 13.2. The Kier molecular flexibility index (Phi) is 7.23. The Bertz CT molecular complexity index is 847. The van der Waals surface area contributed by atoms with Crippen LogP contribution in [0.3, 0.4) is 0 Å². The summed E-state index contributed by atoms with van der Waals surface area (Å²) < 4.78 is 46.7. The molecule has 164 valence electrons. The van der Waals surface area contributed by atoms with Crippen LogP contribution in [0, 0.1) is 0 Å². The molecule has 0 radical (unpaired) electrons. The van der Waals surface area contributed by atoms with Crippen molar-refractivity contribution in [2.75, 3.05) is 18.5 Å². The Morgan fingerprint density at radius 1 is 1.20 bits per heavy atom. The number of anilines is 1. The zero-order valence-corrected chi connectivity index (χ0v) is 17.0. The third kappa shape index (κ3) is 5.67. The molecule has 2 N–H and O–H groups in total. The maximum Gasteiger partial charge on any atom is 0.435 e. The van der Waals surface area contributed by atoms with Gasteiger partial charge in [0.2, 0.25) is 0 Å². The Morgan fingerprint density at radius 3 is 2.63 bits per heavy atom. The third-order valence-electron chi connectivity index (χ3n) is 5.01. The highest BCUT2D eigenvalue weighted by Gasteiger charge is 2.39. The summed E-state index contributed by atoms with van der Waals surface area (Å²) >= 11 is 0. The quantitative estimate of drug-likeness (QED) is 0.599. The average Bonchev–Trinajstić information content (AvgIpc) is 3.09. The van der Waals surface area contributed by atoms with Crippen molar-refractivity contribution in [3.05, 3.63) is 41.2 Å². The molecule has 0 aliphatic heterocycles. The molecule has 30 heavy (non-hydrogen) atoms. The van der Waals surface area contributed by atoms with Gasteiger partial charge >= 0.3 is 12.2 Å². The highest BCUT2D eigenvalue weighted by molar-refractivity contribution is 5.89. The lowest BCUT2D eigenvalue weighted by Crippen LogP contribution is -2.32. The van der Waals surface area contributed by atoms with E-state index in [2.05, 4.69) is 22.7 Å². The van der Waals surface area contributed by atoms with E-state index in [4.69, 9.17) is 4.74 Å². The number of benzene rings is 1. The smallest absolute Gasteiger partial charge is 0.435 e. The summed E-state index contributed by atoms with van der Waals surface area (Å²) in [7, 11) is 0. The van der Waals surface area contributed by atoms with Gasteiger partial charge in [-0.2, -0.15) is 18.3 Å². The van der Waals surface area contributed by atoms with Crippen LogP contribution in [0.2, 0.25) is 0 Å². The molecular formula is C21H27F3N4O2. The summed E-state index contributed by atoms with van der Waals surface area (Å²) in [6.07, 6.45) is 0.148. The summed E-state index contributed by atoms with van der Waals surface area (Å²) in [6.45, 7) is 3.10. The minimum absolute atomic E-state index is 0.176.